The third kappa shape index (κ3) is 7.55. The van der Waals surface area contributed by atoms with Crippen molar-refractivity contribution in [3.8, 4) is 22.7 Å². The summed E-state index contributed by atoms with van der Waals surface area (Å²) in [4.78, 5) is 64.1. The zero-order chi connectivity index (χ0) is 39.9. The van der Waals surface area contributed by atoms with Crippen molar-refractivity contribution in [2.75, 3.05) is 30.0 Å². The molecule has 13 nitrogen and oxygen atoms in total. The van der Waals surface area contributed by atoms with Crippen LogP contribution in [0.3, 0.4) is 0 Å². The molecule has 15 heteroatoms. The van der Waals surface area contributed by atoms with E-state index in [2.05, 4.69) is 4.98 Å². The van der Waals surface area contributed by atoms with Crippen LogP contribution in [0.1, 0.15) is 77.3 Å². The van der Waals surface area contributed by atoms with E-state index in [0.717, 1.165) is 5.56 Å². The lowest BCUT2D eigenvalue weighted by Gasteiger charge is -2.43. The maximum absolute atomic E-state index is 15.3. The van der Waals surface area contributed by atoms with Gasteiger partial charge < -0.3 is 19.6 Å². The molecule has 288 valence electrons. The van der Waals surface area contributed by atoms with Gasteiger partial charge in [-0.3, -0.25) is 9.69 Å². The second kappa shape index (κ2) is 15.6. The second-order valence-electron chi connectivity index (χ2n) is 14.4. The molecule has 1 saturated heterocycles. The van der Waals surface area contributed by atoms with E-state index in [0.29, 0.717) is 28.2 Å². The monoisotopic (exact) mass is 770 g/mol. The van der Waals surface area contributed by atoms with Crippen LogP contribution in [0.5, 0.6) is 5.75 Å². The van der Waals surface area contributed by atoms with Gasteiger partial charge in [-0.1, -0.05) is 63.6 Å². The highest BCUT2D eigenvalue weighted by Gasteiger charge is 2.35. The van der Waals surface area contributed by atoms with Gasteiger partial charge >= 0.3 is 11.8 Å². The molecule has 1 aliphatic heterocycles. The molecule has 0 saturated carbocycles. The fraction of sp³-hybridized carbons (Fsp3) is 0.375. The molecule has 3 aromatic heterocycles. The van der Waals surface area contributed by atoms with Gasteiger partial charge in [0.15, 0.2) is 5.65 Å². The summed E-state index contributed by atoms with van der Waals surface area (Å²) in [5.74, 6) is -0.275. The molecule has 2 atom stereocenters. The average Bonchev–Trinajstić information content (AvgIpc) is 3.14. The van der Waals surface area contributed by atoms with Gasteiger partial charge in [0.25, 0.3) is 0 Å². The van der Waals surface area contributed by atoms with Crippen molar-refractivity contribution in [3.05, 3.63) is 92.9 Å². The molecule has 0 bridgehead atoms. The Balaban J connectivity index is 1.64. The number of carboxylic acid groups (broad SMARTS) is 1. The number of halogens is 2. The number of methoxy groups -OCH3 is 1. The summed E-state index contributed by atoms with van der Waals surface area (Å²) in [7, 11) is 1.58. The Morgan fingerprint density at radius 1 is 0.964 bits per heavy atom. The van der Waals surface area contributed by atoms with E-state index in [4.69, 9.17) is 31.3 Å². The van der Waals surface area contributed by atoms with Crippen molar-refractivity contribution in [2.45, 2.75) is 78.9 Å². The largest absolute Gasteiger partial charge is 0.497 e. The first kappa shape index (κ1) is 39.1. The van der Waals surface area contributed by atoms with Crippen LogP contribution in [0.25, 0.3) is 28.0 Å². The van der Waals surface area contributed by atoms with Crippen LogP contribution in [-0.4, -0.2) is 78.8 Å². The van der Waals surface area contributed by atoms with E-state index >= 15 is 4.39 Å². The molecule has 2 amide bonds. The summed E-state index contributed by atoms with van der Waals surface area (Å²) in [5, 5.41) is 10.3. The Kier molecular flexibility index (Phi) is 11.1. The lowest BCUT2D eigenvalue weighted by molar-refractivity contribution is -0.116. The van der Waals surface area contributed by atoms with Crippen LogP contribution >= 0.6 is 11.6 Å². The Morgan fingerprint density at radius 3 is 2.16 bits per heavy atom. The summed E-state index contributed by atoms with van der Waals surface area (Å²) < 4.78 is 22.0. The molecule has 55 heavy (non-hydrogen) atoms. The smallest absolute Gasteiger partial charge is 0.407 e. The zero-order valence-corrected chi connectivity index (χ0v) is 32.8. The van der Waals surface area contributed by atoms with Crippen molar-refractivity contribution in [2.24, 2.45) is 0 Å². The van der Waals surface area contributed by atoms with Crippen molar-refractivity contribution >= 4 is 46.4 Å². The van der Waals surface area contributed by atoms with Gasteiger partial charge in [0.2, 0.25) is 11.9 Å². The highest BCUT2D eigenvalue weighted by Crippen LogP contribution is 2.38. The molecular formula is C40H44ClFN8O5. The van der Waals surface area contributed by atoms with Gasteiger partial charge in [-0.25, -0.2) is 33.5 Å². The first-order valence-electron chi connectivity index (χ1n) is 18.1. The summed E-state index contributed by atoms with van der Waals surface area (Å²) in [6, 6.07) is 14.3. The number of hydrogen-bond donors (Lipinski definition) is 1. The van der Waals surface area contributed by atoms with E-state index in [1.807, 2.05) is 63.8 Å². The van der Waals surface area contributed by atoms with Gasteiger partial charge in [0.05, 0.1) is 46.8 Å². The highest BCUT2D eigenvalue weighted by atomic mass is 35.5. The van der Waals surface area contributed by atoms with Gasteiger partial charge in [0.1, 0.15) is 17.4 Å². The molecule has 2 aromatic carbocycles. The maximum Gasteiger partial charge on any atom is 0.407 e. The van der Waals surface area contributed by atoms with E-state index in [1.165, 1.54) is 27.4 Å². The van der Waals surface area contributed by atoms with Crippen LogP contribution in [0, 0.1) is 5.82 Å². The zero-order valence-electron chi connectivity index (χ0n) is 32.0. The maximum atomic E-state index is 15.3. The summed E-state index contributed by atoms with van der Waals surface area (Å²) in [6.07, 6.45) is -1.04. The normalized spacial score (nSPS) is 15.9. The number of ether oxygens (including phenoxy) is 1. The molecule has 1 N–H and O–H groups in total. The number of benzene rings is 2. The van der Waals surface area contributed by atoms with Crippen LogP contribution in [-0.2, 0) is 11.3 Å². The standard InChI is InChI=1S/C40H44ClFN8O5/c1-21(2)32-35(33(22(3)4)45-38(44-32)49(25(7)51)20-26-13-15-27(55-8)16-14-26)50-37-29(17-30(41)34(43-37)28-11-9-10-12-31(28)42)36(46-39(50)52)47-18-24(6)48(40(53)54)19-23(47)5/h9-17,21-24H,18-20H2,1-8H3,(H,53,54)/t23-,24+/m0/s1. The summed E-state index contributed by atoms with van der Waals surface area (Å²) >= 11 is 6.90. The minimum atomic E-state index is -1.04. The number of piperazine rings is 1. The molecule has 4 heterocycles. The third-order valence-electron chi connectivity index (χ3n) is 9.80. The summed E-state index contributed by atoms with van der Waals surface area (Å²) in [5.41, 5.74) is 1.81. The Labute approximate surface area is 323 Å². The predicted octanol–water partition coefficient (Wildman–Crippen LogP) is 7.42. The van der Waals surface area contributed by atoms with Gasteiger partial charge in [0, 0.05) is 37.7 Å². The predicted molar refractivity (Wildman–Crippen MR) is 210 cm³/mol. The molecule has 1 aliphatic rings. The van der Waals surface area contributed by atoms with Crippen molar-refractivity contribution in [1.29, 1.82) is 0 Å². The molecule has 0 radical (unpaired) electrons. The topological polar surface area (TPSA) is 147 Å². The molecule has 0 aliphatic carbocycles. The van der Waals surface area contributed by atoms with Crippen LogP contribution in [0.2, 0.25) is 5.02 Å². The first-order chi connectivity index (χ1) is 26.1. The van der Waals surface area contributed by atoms with Gasteiger partial charge in [-0.15, -0.1) is 0 Å². The van der Waals surface area contributed by atoms with Crippen LogP contribution < -0.4 is 20.2 Å². The fourth-order valence-corrected chi connectivity index (χ4v) is 7.18. The van der Waals surface area contributed by atoms with E-state index < -0.39 is 23.6 Å². The van der Waals surface area contributed by atoms with Crippen molar-refractivity contribution in [3.63, 3.8) is 0 Å². The fourth-order valence-electron chi connectivity index (χ4n) is 6.93. The number of rotatable bonds is 9. The number of amides is 2. The van der Waals surface area contributed by atoms with Crippen molar-refractivity contribution in [1.82, 2.24) is 29.4 Å². The minimum Gasteiger partial charge on any atom is -0.497 e. The number of carbonyl (C=O) groups excluding carboxylic acids is 1. The summed E-state index contributed by atoms with van der Waals surface area (Å²) in [6.45, 7) is 13.4. The number of nitrogens with zero attached hydrogens (tertiary/aromatic N) is 8. The van der Waals surface area contributed by atoms with Crippen LogP contribution in [0.15, 0.2) is 59.4 Å². The molecule has 0 unspecified atom stereocenters. The van der Waals surface area contributed by atoms with Crippen molar-refractivity contribution < 1.29 is 23.8 Å². The second-order valence-corrected chi connectivity index (χ2v) is 14.8. The van der Waals surface area contributed by atoms with E-state index in [9.17, 15) is 19.5 Å². The number of pyridine rings is 1. The average molecular weight is 771 g/mol. The molecule has 5 aromatic rings. The number of carbonyl (C=O) groups is 2. The lowest BCUT2D eigenvalue weighted by Crippen LogP contribution is -2.58. The van der Waals surface area contributed by atoms with Gasteiger partial charge in [-0.2, -0.15) is 4.98 Å². The minimum absolute atomic E-state index is 0.117. The highest BCUT2D eigenvalue weighted by molar-refractivity contribution is 6.33. The van der Waals surface area contributed by atoms with E-state index in [-0.39, 0.29) is 77.1 Å². The number of hydrogen-bond acceptors (Lipinski definition) is 9. The molecule has 0 spiro atoms. The number of fused-ring (bicyclic) bond motifs is 1. The number of anilines is 2. The number of aromatic nitrogens is 5. The molecular weight excluding hydrogens is 727 g/mol. The third-order valence-corrected chi connectivity index (χ3v) is 10.1. The Hall–Kier alpha value is -5.63. The quantitative estimate of drug-likeness (QED) is 0.161. The SMILES string of the molecule is COc1ccc(CN(C(C)=O)c2nc(C(C)C)c(-n3c(=O)nc(N4C[C@@H](C)N(C(=O)O)C[C@@H]4C)c4cc(Cl)c(-c5ccccc5F)nc43)c(C(C)C)n2)cc1. The van der Waals surface area contributed by atoms with Gasteiger partial charge in [-0.05, 0) is 61.6 Å². The molecule has 1 fully saturated rings. The van der Waals surface area contributed by atoms with E-state index in [1.54, 1.807) is 38.3 Å². The lowest BCUT2D eigenvalue weighted by atomic mass is 10.0. The van der Waals surface area contributed by atoms with Crippen LogP contribution in [0.4, 0.5) is 21.0 Å². The first-order valence-corrected chi connectivity index (χ1v) is 18.5. The Bertz CT molecular complexity index is 2310. The molecule has 6 rings (SSSR count). The Morgan fingerprint density at radius 2 is 1.60 bits per heavy atom.